The molecule has 0 aliphatic rings. The number of hydrogen-bond donors (Lipinski definition) is 2. The Morgan fingerprint density at radius 3 is 2.53 bits per heavy atom. The van der Waals surface area contributed by atoms with Crippen LogP contribution in [0.1, 0.15) is 6.92 Å². The molecular formula is C9H10Cl2NO3PS. The van der Waals surface area contributed by atoms with E-state index in [1.165, 1.54) is 6.92 Å². The van der Waals surface area contributed by atoms with E-state index in [2.05, 4.69) is 5.09 Å². The molecular weight excluding hydrogens is 304 g/mol. The quantitative estimate of drug-likeness (QED) is 0.817. The van der Waals surface area contributed by atoms with E-state index in [0.29, 0.717) is 10.8 Å². The fourth-order valence-corrected chi connectivity index (χ4v) is 3.50. The second-order valence-electron chi connectivity index (χ2n) is 3.21. The van der Waals surface area contributed by atoms with Gasteiger partial charge in [-0.1, -0.05) is 11.6 Å². The average molecular weight is 314 g/mol. The molecule has 0 aliphatic heterocycles. The summed E-state index contributed by atoms with van der Waals surface area (Å²) in [5.74, 6) is -3.51. The van der Waals surface area contributed by atoms with E-state index >= 15 is 0 Å². The zero-order valence-electron chi connectivity index (χ0n) is 8.76. The van der Waals surface area contributed by atoms with Gasteiger partial charge in [-0.15, -0.1) is 0 Å². The van der Waals surface area contributed by atoms with Crippen LogP contribution in [0.25, 0.3) is 0 Å². The molecule has 0 radical (unpaired) electrons. The zero-order chi connectivity index (χ0) is 13.1. The van der Waals surface area contributed by atoms with Crippen molar-refractivity contribution in [2.45, 2.75) is 13.0 Å². The summed E-state index contributed by atoms with van der Waals surface area (Å²) >= 11 is 16.7. The second-order valence-corrected chi connectivity index (χ2v) is 8.62. The van der Waals surface area contributed by atoms with E-state index in [4.69, 9.17) is 44.3 Å². The minimum Gasteiger partial charge on any atom is -0.480 e. The van der Waals surface area contributed by atoms with Gasteiger partial charge in [0.15, 0.2) is 0 Å². The molecule has 1 aromatic carbocycles. The highest BCUT2D eigenvalue weighted by Crippen LogP contribution is 2.49. The van der Waals surface area contributed by atoms with Crippen molar-refractivity contribution in [3.63, 3.8) is 0 Å². The van der Waals surface area contributed by atoms with Crippen LogP contribution in [0.15, 0.2) is 24.3 Å². The predicted molar refractivity (Wildman–Crippen MR) is 72.5 cm³/mol. The van der Waals surface area contributed by atoms with Crippen LogP contribution in [-0.4, -0.2) is 17.1 Å². The Kier molecular flexibility index (Phi) is 5.22. The van der Waals surface area contributed by atoms with Gasteiger partial charge in [0.1, 0.15) is 11.8 Å². The van der Waals surface area contributed by atoms with E-state index in [9.17, 15) is 4.79 Å². The maximum Gasteiger partial charge on any atom is 0.320 e. The third kappa shape index (κ3) is 5.23. The number of carboxylic acids is 1. The molecule has 2 atom stereocenters. The highest BCUT2D eigenvalue weighted by atomic mass is 35.7. The van der Waals surface area contributed by atoms with Crippen LogP contribution in [0.4, 0.5) is 0 Å². The van der Waals surface area contributed by atoms with Gasteiger partial charge < -0.3 is 9.63 Å². The summed E-state index contributed by atoms with van der Waals surface area (Å²) in [6, 6.07) is 5.61. The molecule has 0 amide bonds. The molecule has 2 unspecified atom stereocenters. The van der Waals surface area contributed by atoms with Crippen molar-refractivity contribution in [3.05, 3.63) is 29.3 Å². The number of rotatable bonds is 5. The van der Waals surface area contributed by atoms with Crippen LogP contribution in [0.2, 0.25) is 5.02 Å². The Morgan fingerprint density at radius 2 is 2.06 bits per heavy atom. The summed E-state index contributed by atoms with van der Waals surface area (Å²) in [6.07, 6.45) is 0. The molecule has 0 saturated heterocycles. The first-order chi connectivity index (χ1) is 7.80. The van der Waals surface area contributed by atoms with Crippen molar-refractivity contribution in [2.24, 2.45) is 0 Å². The van der Waals surface area contributed by atoms with Crippen LogP contribution in [0.5, 0.6) is 5.75 Å². The number of carboxylic acid groups (broad SMARTS) is 1. The van der Waals surface area contributed by atoms with Gasteiger partial charge in [0.2, 0.25) is 0 Å². The van der Waals surface area contributed by atoms with Crippen molar-refractivity contribution in [3.8, 4) is 5.75 Å². The van der Waals surface area contributed by atoms with Gasteiger partial charge in [0.05, 0.1) is 0 Å². The Morgan fingerprint density at radius 1 is 1.53 bits per heavy atom. The first kappa shape index (κ1) is 14.7. The summed E-state index contributed by atoms with van der Waals surface area (Å²) in [6.45, 7) is 1.44. The Hall–Kier alpha value is -0.320. The number of nitrogens with one attached hydrogen (secondary N) is 1. The lowest BCUT2D eigenvalue weighted by atomic mass is 10.3. The fraction of sp³-hybridized carbons (Fsp3) is 0.222. The first-order valence-electron chi connectivity index (χ1n) is 4.55. The first-order valence-corrected chi connectivity index (χ1v) is 8.56. The molecule has 4 nitrogen and oxygen atoms in total. The van der Waals surface area contributed by atoms with Gasteiger partial charge >= 0.3 is 5.97 Å². The monoisotopic (exact) mass is 313 g/mol. The summed E-state index contributed by atoms with van der Waals surface area (Å²) in [4.78, 5) is 10.7. The lowest BCUT2D eigenvalue weighted by Gasteiger charge is -2.19. The smallest absolute Gasteiger partial charge is 0.320 e. The lowest BCUT2D eigenvalue weighted by molar-refractivity contribution is -0.138. The molecule has 0 saturated carbocycles. The molecule has 0 aliphatic carbocycles. The normalized spacial score (nSPS) is 15.9. The van der Waals surface area contributed by atoms with Crippen molar-refractivity contribution < 1.29 is 14.4 Å². The summed E-state index contributed by atoms with van der Waals surface area (Å²) < 4.78 is 5.34. The molecule has 17 heavy (non-hydrogen) atoms. The van der Waals surface area contributed by atoms with Crippen molar-refractivity contribution >= 4 is 46.4 Å². The van der Waals surface area contributed by atoms with Crippen LogP contribution in [0.3, 0.4) is 0 Å². The molecule has 1 rings (SSSR count). The minimum atomic E-state index is -2.91. The van der Waals surface area contributed by atoms with Gasteiger partial charge in [-0.3, -0.25) is 4.79 Å². The van der Waals surface area contributed by atoms with Gasteiger partial charge in [0.25, 0.3) is 5.77 Å². The number of halogens is 2. The van der Waals surface area contributed by atoms with Gasteiger partial charge in [-0.25, -0.2) is 5.09 Å². The Balaban J connectivity index is 2.69. The topological polar surface area (TPSA) is 58.6 Å². The highest BCUT2D eigenvalue weighted by Gasteiger charge is 2.22. The summed E-state index contributed by atoms with van der Waals surface area (Å²) in [5.41, 5.74) is 0. The SMILES string of the molecule is CC(NP(=S)(Cl)Oc1ccc(Cl)cc1)C(=O)O. The molecule has 0 spiro atoms. The molecule has 0 heterocycles. The van der Waals surface area contributed by atoms with Gasteiger partial charge in [0, 0.05) is 5.02 Å². The minimum absolute atomic E-state index is 0.442. The Bertz CT molecular complexity index is 454. The molecule has 0 aromatic heterocycles. The highest BCUT2D eigenvalue weighted by molar-refractivity contribution is 8.23. The standard InChI is InChI=1S/C9H10Cl2NO3PS/c1-6(9(13)14)12-16(11,17)15-8-4-2-7(10)3-5-8/h2-6H,1H3,(H,12,17)(H,13,14). The van der Waals surface area contributed by atoms with Crippen LogP contribution in [-0.2, 0) is 16.6 Å². The van der Waals surface area contributed by atoms with Crippen molar-refractivity contribution in [1.29, 1.82) is 0 Å². The predicted octanol–water partition coefficient (Wildman–Crippen LogP) is 3.24. The number of benzene rings is 1. The third-order valence-electron chi connectivity index (χ3n) is 1.75. The van der Waals surface area contributed by atoms with Crippen LogP contribution in [0, 0.1) is 0 Å². The molecule has 0 bridgehead atoms. The molecule has 8 heteroatoms. The molecule has 2 N–H and O–H groups in total. The van der Waals surface area contributed by atoms with Gasteiger partial charge in [-0.2, -0.15) is 0 Å². The van der Waals surface area contributed by atoms with E-state index in [0.717, 1.165) is 0 Å². The maximum atomic E-state index is 10.7. The summed E-state index contributed by atoms with van der Waals surface area (Å²) in [5, 5.41) is 11.8. The van der Waals surface area contributed by atoms with Crippen LogP contribution < -0.4 is 9.61 Å². The maximum absolute atomic E-state index is 10.7. The Labute approximate surface area is 114 Å². The van der Waals surface area contributed by atoms with E-state index < -0.39 is 17.8 Å². The second kappa shape index (κ2) is 6.03. The lowest BCUT2D eigenvalue weighted by Crippen LogP contribution is -2.31. The molecule has 94 valence electrons. The van der Waals surface area contributed by atoms with Crippen molar-refractivity contribution in [2.75, 3.05) is 0 Å². The van der Waals surface area contributed by atoms with Crippen LogP contribution >= 0.6 is 28.6 Å². The number of carbonyl (C=O) groups is 1. The average Bonchev–Trinajstić information content (AvgIpc) is 2.20. The third-order valence-corrected chi connectivity index (χ3v) is 4.19. The summed E-state index contributed by atoms with van der Waals surface area (Å²) in [7, 11) is 0. The molecule has 0 fully saturated rings. The van der Waals surface area contributed by atoms with E-state index in [1.807, 2.05) is 0 Å². The largest absolute Gasteiger partial charge is 0.480 e. The van der Waals surface area contributed by atoms with E-state index in [1.54, 1.807) is 24.3 Å². The zero-order valence-corrected chi connectivity index (χ0v) is 12.0. The number of aliphatic carboxylic acids is 1. The number of hydrogen-bond acceptors (Lipinski definition) is 3. The van der Waals surface area contributed by atoms with E-state index in [-0.39, 0.29) is 0 Å². The van der Waals surface area contributed by atoms with Crippen molar-refractivity contribution in [1.82, 2.24) is 5.09 Å². The fourth-order valence-electron chi connectivity index (χ4n) is 0.944. The van der Waals surface area contributed by atoms with Gasteiger partial charge in [-0.05, 0) is 54.2 Å². The molecule has 1 aromatic rings.